The van der Waals surface area contributed by atoms with Crippen LogP contribution in [0.1, 0.15) is 17.7 Å². The summed E-state index contributed by atoms with van der Waals surface area (Å²) < 4.78 is 5.10. The van der Waals surface area contributed by atoms with Crippen LogP contribution in [0.3, 0.4) is 0 Å². The van der Waals surface area contributed by atoms with Gasteiger partial charge in [-0.05, 0) is 42.7 Å². The maximum atomic E-state index is 12.4. The molecule has 118 valence electrons. The molecule has 0 aliphatic carbocycles. The van der Waals surface area contributed by atoms with Crippen LogP contribution in [-0.4, -0.2) is 24.9 Å². The second-order valence-corrected chi connectivity index (χ2v) is 5.34. The zero-order chi connectivity index (χ0) is 16.1. The van der Waals surface area contributed by atoms with E-state index in [9.17, 15) is 9.59 Å². The molecule has 0 atom stereocenters. The van der Waals surface area contributed by atoms with E-state index in [1.54, 1.807) is 23.1 Å². The summed E-state index contributed by atoms with van der Waals surface area (Å²) in [6, 6.07) is 11.4. The van der Waals surface area contributed by atoms with Crippen molar-refractivity contribution in [2.24, 2.45) is 0 Å². The highest BCUT2D eigenvalue weighted by atomic mass is 16.3. The van der Waals surface area contributed by atoms with Gasteiger partial charge in [-0.15, -0.1) is 0 Å². The van der Waals surface area contributed by atoms with E-state index < -0.39 is 0 Å². The number of nitrogens with zero attached hydrogens (tertiary/aromatic N) is 1. The summed E-state index contributed by atoms with van der Waals surface area (Å²) in [5.74, 6) is 0.174. The van der Waals surface area contributed by atoms with Crippen molar-refractivity contribution in [1.29, 1.82) is 0 Å². The molecule has 1 aliphatic heterocycles. The van der Waals surface area contributed by atoms with Crippen LogP contribution in [-0.2, 0) is 16.0 Å². The third-order valence-electron chi connectivity index (χ3n) is 3.77. The number of aryl methyl sites for hydroxylation is 1. The van der Waals surface area contributed by atoms with Crippen LogP contribution in [0.2, 0.25) is 0 Å². The summed E-state index contributed by atoms with van der Waals surface area (Å²) in [6.07, 6.45) is 6.38. The van der Waals surface area contributed by atoms with E-state index in [1.807, 2.05) is 24.3 Å². The number of carbonyl (C=O) groups is 2. The quantitative estimate of drug-likeness (QED) is 0.882. The molecular formula is C18H18N2O3. The van der Waals surface area contributed by atoms with Gasteiger partial charge in [0.2, 0.25) is 11.8 Å². The van der Waals surface area contributed by atoms with Crippen molar-refractivity contribution in [3.63, 3.8) is 0 Å². The number of nitrogens with one attached hydrogen (secondary N) is 1. The Kier molecular flexibility index (Phi) is 4.57. The third kappa shape index (κ3) is 3.69. The van der Waals surface area contributed by atoms with Gasteiger partial charge in [-0.1, -0.05) is 18.2 Å². The van der Waals surface area contributed by atoms with Crippen molar-refractivity contribution in [1.82, 2.24) is 5.32 Å². The molecule has 2 aromatic rings. The molecule has 0 saturated heterocycles. The van der Waals surface area contributed by atoms with Crippen LogP contribution in [0.15, 0.2) is 53.2 Å². The number of benzene rings is 1. The molecule has 1 aliphatic rings. The Hall–Kier alpha value is -2.82. The molecule has 2 amide bonds. The van der Waals surface area contributed by atoms with Crippen molar-refractivity contribution in [2.75, 3.05) is 18.0 Å². The lowest BCUT2D eigenvalue weighted by Crippen LogP contribution is -2.42. The first-order valence-corrected chi connectivity index (χ1v) is 7.62. The molecule has 1 N–H and O–H groups in total. The molecule has 0 fully saturated rings. The molecule has 23 heavy (non-hydrogen) atoms. The predicted octanol–water partition coefficient (Wildman–Crippen LogP) is 2.39. The molecule has 1 aromatic heterocycles. The summed E-state index contributed by atoms with van der Waals surface area (Å²) in [5.41, 5.74) is 2.13. The average molecular weight is 310 g/mol. The number of hydrogen-bond acceptors (Lipinski definition) is 3. The highest BCUT2D eigenvalue weighted by Gasteiger charge is 2.21. The van der Waals surface area contributed by atoms with E-state index in [0.29, 0.717) is 12.3 Å². The molecule has 3 rings (SSSR count). The van der Waals surface area contributed by atoms with Crippen molar-refractivity contribution >= 4 is 23.6 Å². The number of furan rings is 1. The van der Waals surface area contributed by atoms with Crippen LogP contribution in [0, 0.1) is 0 Å². The second-order valence-electron chi connectivity index (χ2n) is 5.34. The van der Waals surface area contributed by atoms with Crippen molar-refractivity contribution < 1.29 is 14.0 Å². The third-order valence-corrected chi connectivity index (χ3v) is 3.77. The maximum Gasteiger partial charge on any atom is 0.246 e. The summed E-state index contributed by atoms with van der Waals surface area (Å²) >= 11 is 0. The van der Waals surface area contributed by atoms with Gasteiger partial charge < -0.3 is 14.6 Å². The monoisotopic (exact) mass is 310 g/mol. The Morgan fingerprint density at radius 2 is 2.09 bits per heavy atom. The van der Waals surface area contributed by atoms with E-state index in [-0.39, 0.29) is 18.4 Å². The summed E-state index contributed by atoms with van der Waals surface area (Å²) in [4.78, 5) is 25.9. The van der Waals surface area contributed by atoms with Gasteiger partial charge in [0.25, 0.3) is 0 Å². The zero-order valence-electron chi connectivity index (χ0n) is 12.7. The largest absolute Gasteiger partial charge is 0.465 e. The molecular weight excluding hydrogens is 292 g/mol. The van der Waals surface area contributed by atoms with Crippen LogP contribution in [0.4, 0.5) is 5.69 Å². The topological polar surface area (TPSA) is 62.6 Å². The molecule has 5 nitrogen and oxygen atoms in total. The fourth-order valence-electron chi connectivity index (χ4n) is 2.65. The molecule has 2 heterocycles. The Bertz CT molecular complexity index is 720. The lowest BCUT2D eigenvalue weighted by atomic mass is 10.0. The number of amides is 2. The van der Waals surface area contributed by atoms with Crippen LogP contribution in [0.25, 0.3) is 6.08 Å². The van der Waals surface area contributed by atoms with E-state index in [2.05, 4.69) is 5.32 Å². The standard InChI is InChI=1S/C18H18N2O3/c21-17(10-9-15-7-4-12-23-15)19-13-18(22)20-11-3-6-14-5-1-2-8-16(14)20/h1-2,4-5,7-10,12H,3,6,11,13H2,(H,19,21). The van der Waals surface area contributed by atoms with Gasteiger partial charge in [-0.3, -0.25) is 9.59 Å². The Morgan fingerprint density at radius 1 is 1.22 bits per heavy atom. The number of hydrogen-bond donors (Lipinski definition) is 1. The normalized spacial score (nSPS) is 13.8. The van der Waals surface area contributed by atoms with Gasteiger partial charge in [0, 0.05) is 18.3 Å². The van der Waals surface area contributed by atoms with Gasteiger partial charge >= 0.3 is 0 Å². The first-order valence-electron chi connectivity index (χ1n) is 7.62. The molecule has 5 heteroatoms. The maximum absolute atomic E-state index is 12.4. The minimum absolute atomic E-state index is 0.0182. The first-order chi connectivity index (χ1) is 11.2. The Balaban J connectivity index is 1.57. The summed E-state index contributed by atoms with van der Waals surface area (Å²) in [6.45, 7) is 0.670. The smallest absolute Gasteiger partial charge is 0.246 e. The van der Waals surface area contributed by atoms with Crippen LogP contribution in [0.5, 0.6) is 0 Å². The zero-order valence-corrected chi connectivity index (χ0v) is 12.7. The van der Waals surface area contributed by atoms with E-state index in [1.165, 1.54) is 17.9 Å². The van der Waals surface area contributed by atoms with Crippen molar-refractivity contribution in [2.45, 2.75) is 12.8 Å². The van der Waals surface area contributed by atoms with E-state index in [0.717, 1.165) is 18.5 Å². The number of anilines is 1. The minimum Gasteiger partial charge on any atom is -0.465 e. The van der Waals surface area contributed by atoms with Gasteiger partial charge in [-0.25, -0.2) is 0 Å². The predicted molar refractivity (Wildman–Crippen MR) is 87.9 cm³/mol. The lowest BCUT2D eigenvalue weighted by molar-refractivity contribution is -0.122. The first kappa shape index (κ1) is 15.1. The van der Waals surface area contributed by atoms with E-state index in [4.69, 9.17) is 4.42 Å². The van der Waals surface area contributed by atoms with Crippen molar-refractivity contribution in [3.05, 3.63) is 60.1 Å². The number of fused-ring (bicyclic) bond motifs is 1. The lowest BCUT2D eigenvalue weighted by Gasteiger charge is -2.29. The van der Waals surface area contributed by atoms with E-state index >= 15 is 0 Å². The summed E-state index contributed by atoms with van der Waals surface area (Å²) in [5, 5.41) is 2.61. The number of para-hydroxylation sites is 1. The van der Waals surface area contributed by atoms with Crippen LogP contribution >= 0.6 is 0 Å². The van der Waals surface area contributed by atoms with Crippen LogP contribution < -0.4 is 10.2 Å². The fourth-order valence-corrected chi connectivity index (χ4v) is 2.65. The van der Waals surface area contributed by atoms with Gasteiger partial charge in [0.05, 0.1) is 12.8 Å². The number of rotatable bonds is 4. The molecule has 0 bridgehead atoms. The minimum atomic E-state index is -0.319. The van der Waals surface area contributed by atoms with Gasteiger partial charge in [-0.2, -0.15) is 0 Å². The molecule has 0 spiro atoms. The molecule has 0 saturated carbocycles. The highest BCUT2D eigenvalue weighted by molar-refractivity contribution is 5.99. The average Bonchev–Trinajstić information content (AvgIpc) is 3.11. The Labute approximate surface area is 134 Å². The van der Waals surface area contributed by atoms with Gasteiger partial charge in [0.1, 0.15) is 5.76 Å². The molecule has 0 radical (unpaired) electrons. The summed E-state index contributed by atoms with van der Waals surface area (Å²) in [7, 11) is 0. The van der Waals surface area contributed by atoms with Crippen molar-refractivity contribution in [3.8, 4) is 0 Å². The second kappa shape index (κ2) is 6.96. The molecule has 1 aromatic carbocycles. The Morgan fingerprint density at radius 3 is 2.91 bits per heavy atom. The fraction of sp³-hybridized carbons (Fsp3) is 0.222. The molecule has 0 unspecified atom stereocenters. The SMILES string of the molecule is O=C(C=Cc1ccco1)NCC(=O)N1CCCc2ccccc21. The highest BCUT2D eigenvalue weighted by Crippen LogP contribution is 2.26. The van der Waals surface area contributed by atoms with Gasteiger partial charge in [0.15, 0.2) is 0 Å². The number of carbonyl (C=O) groups excluding carboxylic acids is 2.